The third-order valence-electron chi connectivity index (χ3n) is 1.78. The Kier molecular flexibility index (Phi) is 3.01. The number of hydrogen-bond acceptors (Lipinski definition) is 2. The van der Waals surface area contributed by atoms with Crippen LogP contribution in [-0.2, 0) is 11.2 Å². The zero-order valence-electron chi connectivity index (χ0n) is 7.63. The first-order valence-electron chi connectivity index (χ1n) is 3.95. The van der Waals surface area contributed by atoms with Gasteiger partial charge >= 0.3 is 0 Å². The monoisotopic (exact) mass is 182 g/mol. The maximum atomic E-state index is 13.4. The van der Waals surface area contributed by atoms with E-state index in [1.807, 2.05) is 6.92 Å². The molecular weight excluding hydrogens is 171 g/mol. The molecule has 13 heavy (non-hydrogen) atoms. The number of benzene rings is 1. The molecule has 70 valence electrons. The predicted octanol–water partition coefficient (Wildman–Crippen LogP) is 1.88. The van der Waals surface area contributed by atoms with Crippen molar-refractivity contribution < 1.29 is 13.9 Å². The van der Waals surface area contributed by atoms with Crippen molar-refractivity contribution in [1.29, 1.82) is 0 Å². The van der Waals surface area contributed by atoms with Crippen molar-refractivity contribution in [1.82, 2.24) is 0 Å². The average molecular weight is 182 g/mol. The van der Waals surface area contributed by atoms with E-state index in [1.165, 1.54) is 7.11 Å². The van der Waals surface area contributed by atoms with Crippen molar-refractivity contribution in [2.75, 3.05) is 7.11 Å². The molecule has 0 aromatic heterocycles. The molecule has 1 aromatic carbocycles. The molecule has 0 amide bonds. The summed E-state index contributed by atoms with van der Waals surface area (Å²) in [4.78, 5) is 10.2. The summed E-state index contributed by atoms with van der Waals surface area (Å²) in [5.41, 5.74) is 1.27. The van der Waals surface area contributed by atoms with E-state index in [4.69, 9.17) is 4.74 Å². The smallest absolute Gasteiger partial charge is 0.168 e. The lowest BCUT2D eigenvalue weighted by Gasteiger charge is -2.06. The summed E-state index contributed by atoms with van der Waals surface area (Å²) in [6, 6.07) is 3.25. The van der Waals surface area contributed by atoms with Crippen LogP contribution in [0.25, 0.3) is 0 Å². The van der Waals surface area contributed by atoms with Crippen LogP contribution in [0.3, 0.4) is 0 Å². The SMILES string of the molecule is COc1cc(C)cc(CC=O)c1F. The van der Waals surface area contributed by atoms with E-state index >= 15 is 0 Å². The molecule has 0 saturated heterocycles. The van der Waals surface area contributed by atoms with Gasteiger partial charge in [0.1, 0.15) is 6.29 Å². The highest BCUT2D eigenvalue weighted by atomic mass is 19.1. The molecule has 0 atom stereocenters. The van der Waals surface area contributed by atoms with Crippen LogP contribution in [0.5, 0.6) is 5.75 Å². The van der Waals surface area contributed by atoms with E-state index in [-0.39, 0.29) is 12.2 Å². The minimum Gasteiger partial charge on any atom is -0.494 e. The Hall–Kier alpha value is -1.38. The van der Waals surface area contributed by atoms with Crippen molar-refractivity contribution in [2.24, 2.45) is 0 Å². The lowest BCUT2D eigenvalue weighted by molar-refractivity contribution is -0.107. The van der Waals surface area contributed by atoms with E-state index in [1.54, 1.807) is 12.1 Å². The Balaban J connectivity index is 3.18. The van der Waals surface area contributed by atoms with Gasteiger partial charge in [0.15, 0.2) is 11.6 Å². The Morgan fingerprint density at radius 2 is 2.23 bits per heavy atom. The van der Waals surface area contributed by atoms with Crippen LogP contribution >= 0.6 is 0 Å². The molecule has 0 bridgehead atoms. The molecule has 0 N–H and O–H groups in total. The normalized spacial score (nSPS) is 9.77. The number of hydrogen-bond donors (Lipinski definition) is 0. The first-order chi connectivity index (χ1) is 6.19. The molecule has 1 rings (SSSR count). The minimum absolute atomic E-state index is 0.0872. The molecule has 0 fully saturated rings. The van der Waals surface area contributed by atoms with Gasteiger partial charge in [-0.25, -0.2) is 4.39 Å². The molecule has 0 aliphatic heterocycles. The third kappa shape index (κ3) is 2.05. The summed E-state index contributed by atoms with van der Waals surface area (Å²) in [6.45, 7) is 1.83. The fraction of sp³-hybridized carbons (Fsp3) is 0.300. The summed E-state index contributed by atoms with van der Waals surface area (Å²) in [5.74, 6) is -0.253. The first kappa shape index (κ1) is 9.71. The van der Waals surface area contributed by atoms with E-state index in [0.717, 1.165) is 5.56 Å². The van der Waals surface area contributed by atoms with Crippen molar-refractivity contribution in [3.8, 4) is 5.75 Å². The van der Waals surface area contributed by atoms with Crippen molar-refractivity contribution in [3.63, 3.8) is 0 Å². The number of ether oxygens (including phenoxy) is 1. The summed E-state index contributed by atoms with van der Waals surface area (Å²) >= 11 is 0. The second kappa shape index (κ2) is 4.03. The largest absolute Gasteiger partial charge is 0.494 e. The molecule has 0 radical (unpaired) electrons. The van der Waals surface area contributed by atoms with Gasteiger partial charge in [0.05, 0.1) is 7.11 Å². The summed E-state index contributed by atoms with van der Waals surface area (Å²) in [6.07, 6.45) is 0.765. The molecule has 0 aliphatic carbocycles. The summed E-state index contributed by atoms with van der Waals surface area (Å²) < 4.78 is 18.2. The maximum absolute atomic E-state index is 13.4. The highest BCUT2D eigenvalue weighted by Gasteiger charge is 2.08. The number of methoxy groups -OCH3 is 1. The van der Waals surface area contributed by atoms with Crippen LogP contribution in [0.15, 0.2) is 12.1 Å². The van der Waals surface area contributed by atoms with E-state index in [0.29, 0.717) is 11.8 Å². The van der Waals surface area contributed by atoms with Gasteiger partial charge in [-0.2, -0.15) is 0 Å². The van der Waals surface area contributed by atoms with E-state index in [2.05, 4.69) is 0 Å². The summed E-state index contributed by atoms with van der Waals surface area (Å²) in [5, 5.41) is 0. The number of rotatable bonds is 3. The Labute approximate surface area is 76.3 Å². The lowest BCUT2D eigenvalue weighted by Crippen LogP contribution is -1.97. The van der Waals surface area contributed by atoms with Gasteiger partial charge in [0, 0.05) is 6.42 Å². The van der Waals surface area contributed by atoms with Crippen LogP contribution in [0.1, 0.15) is 11.1 Å². The molecule has 1 aromatic rings. The van der Waals surface area contributed by atoms with Gasteiger partial charge < -0.3 is 9.53 Å². The van der Waals surface area contributed by atoms with Crippen molar-refractivity contribution >= 4 is 6.29 Å². The first-order valence-corrected chi connectivity index (χ1v) is 3.95. The molecule has 3 heteroatoms. The van der Waals surface area contributed by atoms with Gasteiger partial charge in [-0.15, -0.1) is 0 Å². The Bertz CT molecular complexity index is 321. The topological polar surface area (TPSA) is 26.3 Å². The minimum atomic E-state index is -0.444. The molecule has 0 spiro atoms. The van der Waals surface area contributed by atoms with Gasteiger partial charge in [-0.1, -0.05) is 6.07 Å². The van der Waals surface area contributed by atoms with Gasteiger partial charge in [0.2, 0.25) is 0 Å². The highest BCUT2D eigenvalue weighted by Crippen LogP contribution is 2.22. The second-order valence-electron chi connectivity index (χ2n) is 2.81. The van der Waals surface area contributed by atoms with Crippen LogP contribution < -0.4 is 4.74 Å². The third-order valence-corrected chi connectivity index (χ3v) is 1.78. The van der Waals surface area contributed by atoms with Gasteiger partial charge in [-0.3, -0.25) is 0 Å². The van der Waals surface area contributed by atoms with Crippen LogP contribution in [0.4, 0.5) is 4.39 Å². The number of carbonyl (C=O) groups is 1. The number of aldehydes is 1. The van der Waals surface area contributed by atoms with E-state index < -0.39 is 5.82 Å². The van der Waals surface area contributed by atoms with Crippen molar-refractivity contribution in [2.45, 2.75) is 13.3 Å². The molecule has 0 saturated carbocycles. The van der Waals surface area contributed by atoms with Gasteiger partial charge in [0.25, 0.3) is 0 Å². The second-order valence-corrected chi connectivity index (χ2v) is 2.81. The molecule has 2 nitrogen and oxygen atoms in total. The predicted molar refractivity (Wildman–Crippen MR) is 47.5 cm³/mol. The molecule has 0 aliphatic rings. The zero-order valence-corrected chi connectivity index (χ0v) is 7.63. The maximum Gasteiger partial charge on any atom is 0.168 e. The zero-order chi connectivity index (χ0) is 9.84. The van der Waals surface area contributed by atoms with Gasteiger partial charge in [-0.05, 0) is 24.1 Å². The van der Waals surface area contributed by atoms with E-state index in [9.17, 15) is 9.18 Å². The van der Waals surface area contributed by atoms with Crippen LogP contribution in [0, 0.1) is 12.7 Å². The fourth-order valence-corrected chi connectivity index (χ4v) is 1.20. The molecule has 0 heterocycles. The van der Waals surface area contributed by atoms with Crippen molar-refractivity contribution in [3.05, 3.63) is 29.1 Å². The van der Waals surface area contributed by atoms with Crippen LogP contribution in [-0.4, -0.2) is 13.4 Å². The molecule has 0 unspecified atom stereocenters. The number of aryl methyl sites for hydroxylation is 1. The highest BCUT2D eigenvalue weighted by molar-refractivity contribution is 5.56. The standard InChI is InChI=1S/C10H11FO2/c1-7-5-8(3-4-12)10(11)9(6-7)13-2/h4-6H,3H2,1-2H3. The molecular formula is C10H11FO2. The summed E-state index contributed by atoms with van der Waals surface area (Å²) in [7, 11) is 1.41. The average Bonchev–Trinajstić information content (AvgIpc) is 2.11. The van der Waals surface area contributed by atoms with Crippen LogP contribution in [0.2, 0.25) is 0 Å². The quantitative estimate of drug-likeness (QED) is 0.667. The lowest BCUT2D eigenvalue weighted by atomic mass is 10.1. The number of carbonyl (C=O) groups excluding carboxylic acids is 1. The Morgan fingerprint density at radius 3 is 2.77 bits per heavy atom. The number of halogens is 1. The Morgan fingerprint density at radius 1 is 1.54 bits per heavy atom. The fourth-order valence-electron chi connectivity index (χ4n) is 1.20.